The molecule has 25 heavy (non-hydrogen) atoms. The van der Waals surface area contributed by atoms with Gasteiger partial charge in [-0.2, -0.15) is 0 Å². The lowest BCUT2D eigenvalue weighted by molar-refractivity contribution is -0.123. The van der Waals surface area contributed by atoms with Gasteiger partial charge in [0, 0.05) is 24.2 Å². The van der Waals surface area contributed by atoms with Gasteiger partial charge in [-0.15, -0.1) is 11.3 Å². The van der Waals surface area contributed by atoms with E-state index >= 15 is 0 Å². The highest BCUT2D eigenvalue weighted by atomic mass is 32.1. The summed E-state index contributed by atoms with van der Waals surface area (Å²) in [6.45, 7) is 7.21. The van der Waals surface area contributed by atoms with Crippen molar-refractivity contribution in [3.8, 4) is 11.5 Å². The predicted molar refractivity (Wildman–Crippen MR) is 99.3 cm³/mol. The molecule has 0 saturated heterocycles. The molecule has 6 nitrogen and oxygen atoms in total. The number of rotatable bonds is 9. The van der Waals surface area contributed by atoms with Gasteiger partial charge >= 0.3 is 0 Å². The molecular weight excluding hydrogens is 338 g/mol. The summed E-state index contributed by atoms with van der Waals surface area (Å²) in [5, 5.41) is 9.28. The SMILES string of the molecule is CCNC(=O)COc1ccc(CNC(C)c2nc(C)cs2)cc1OC. The second-order valence-electron chi connectivity index (χ2n) is 5.66. The molecule has 0 aliphatic carbocycles. The fourth-order valence-electron chi connectivity index (χ4n) is 2.26. The van der Waals surface area contributed by atoms with E-state index in [4.69, 9.17) is 9.47 Å². The van der Waals surface area contributed by atoms with Crippen LogP contribution in [0.5, 0.6) is 11.5 Å². The molecule has 1 aromatic carbocycles. The summed E-state index contributed by atoms with van der Waals surface area (Å²) < 4.78 is 10.9. The smallest absolute Gasteiger partial charge is 0.257 e. The van der Waals surface area contributed by atoms with Crippen molar-refractivity contribution in [2.24, 2.45) is 0 Å². The number of benzene rings is 1. The molecule has 0 aliphatic rings. The first kappa shape index (κ1) is 19.2. The van der Waals surface area contributed by atoms with Gasteiger partial charge in [0.15, 0.2) is 18.1 Å². The Labute approximate surface area is 152 Å². The summed E-state index contributed by atoms with van der Waals surface area (Å²) >= 11 is 1.66. The average Bonchev–Trinajstić information content (AvgIpc) is 3.05. The number of ether oxygens (including phenoxy) is 2. The molecule has 136 valence electrons. The fraction of sp³-hybridized carbons (Fsp3) is 0.444. The molecule has 0 radical (unpaired) electrons. The molecule has 2 aromatic rings. The van der Waals surface area contributed by atoms with Crippen LogP contribution in [-0.2, 0) is 11.3 Å². The number of thiazole rings is 1. The van der Waals surface area contributed by atoms with Crippen molar-refractivity contribution in [1.29, 1.82) is 0 Å². The molecule has 1 aromatic heterocycles. The maximum atomic E-state index is 11.5. The van der Waals surface area contributed by atoms with Gasteiger partial charge < -0.3 is 20.1 Å². The molecule has 0 bridgehead atoms. The maximum Gasteiger partial charge on any atom is 0.257 e. The van der Waals surface area contributed by atoms with E-state index in [2.05, 4.69) is 27.9 Å². The summed E-state index contributed by atoms with van der Waals surface area (Å²) in [6, 6.07) is 5.88. The van der Waals surface area contributed by atoms with E-state index in [0.717, 1.165) is 16.3 Å². The van der Waals surface area contributed by atoms with Crippen LogP contribution in [0.1, 0.15) is 36.2 Å². The highest BCUT2D eigenvalue weighted by molar-refractivity contribution is 7.09. The normalized spacial score (nSPS) is 11.8. The zero-order valence-electron chi connectivity index (χ0n) is 15.1. The van der Waals surface area contributed by atoms with E-state index in [0.29, 0.717) is 24.6 Å². The molecule has 7 heteroatoms. The second kappa shape index (κ2) is 9.39. The third-order valence-corrected chi connectivity index (χ3v) is 4.73. The Morgan fingerprint density at radius 3 is 2.80 bits per heavy atom. The summed E-state index contributed by atoms with van der Waals surface area (Å²) in [5.41, 5.74) is 2.12. The van der Waals surface area contributed by atoms with Crippen molar-refractivity contribution >= 4 is 17.2 Å². The Hall–Kier alpha value is -2.12. The number of methoxy groups -OCH3 is 1. The van der Waals surface area contributed by atoms with Gasteiger partial charge in [-0.25, -0.2) is 4.98 Å². The molecule has 0 aliphatic heterocycles. The number of hydrogen-bond donors (Lipinski definition) is 2. The van der Waals surface area contributed by atoms with Crippen LogP contribution < -0.4 is 20.1 Å². The van der Waals surface area contributed by atoms with Crippen molar-refractivity contribution in [3.05, 3.63) is 39.8 Å². The first-order valence-electron chi connectivity index (χ1n) is 8.25. The Morgan fingerprint density at radius 2 is 2.16 bits per heavy atom. The van der Waals surface area contributed by atoms with Crippen molar-refractivity contribution in [3.63, 3.8) is 0 Å². The molecule has 2 rings (SSSR count). The van der Waals surface area contributed by atoms with Gasteiger partial charge in [-0.05, 0) is 38.5 Å². The van der Waals surface area contributed by atoms with E-state index in [1.807, 2.05) is 32.0 Å². The molecule has 1 heterocycles. The summed E-state index contributed by atoms with van der Waals surface area (Å²) in [5.74, 6) is 1.02. The third kappa shape index (κ3) is 5.72. The third-order valence-electron chi connectivity index (χ3n) is 3.58. The molecule has 2 N–H and O–H groups in total. The standard InChI is InChI=1S/C18H25N3O3S/c1-5-19-17(22)10-24-15-7-6-14(8-16(15)23-4)9-20-13(3)18-21-12(2)11-25-18/h6-8,11,13,20H,5,9-10H2,1-4H3,(H,19,22). The minimum Gasteiger partial charge on any atom is -0.493 e. The van der Waals surface area contributed by atoms with Crippen LogP contribution in [-0.4, -0.2) is 31.2 Å². The van der Waals surface area contributed by atoms with Crippen molar-refractivity contribution in [2.45, 2.75) is 33.4 Å². The lowest BCUT2D eigenvalue weighted by atomic mass is 10.2. The Balaban J connectivity index is 1.94. The Kier molecular flexibility index (Phi) is 7.21. The van der Waals surface area contributed by atoms with E-state index in [9.17, 15) is 4.79 Å². The van der Waals surface area contributed by atoms with Crippen LogP contribution in [0.3, 0.4) is 0 Å². The second-order valence-corrected chi connectivity index (χ2v) is 6.55. The highest BCUT2D eigenvalue weighted by Crippen LogP contribution is 2.28. The number of nitrogens with one attached hydrogen (secondary N) is 2. The molecule has 0 spiro atoms. The van der Waals surface area contributed by atoms with Gasteiger partial charge in [0.1, 0.15) is 5.01 Å². The fourth-order valence-corrected chi connectivity index (χ4v) is 3.09. The van der Waals surface area contributed by atoms with Crippen LogP contribution in [0.25, 0.3) is 0 Å². The topological polar surface area (TPSA) is 72.5 Å². The molecular formula is C18H25N3O3S. The van der Waals surface area contributed by atoms with Crippen LogP contribution in [0.2, 0.25) is 0 Å². The van der Waals surface area contributed by atoms with Crippen LogP contribution in [0.4, 0.5) is 0 Å². The summed E-state index contributed by atoms with van der Waals surface area (Å²) in [6.07, 6.45) is 0. The van der Waals surface area contributed by atoms with E-state index in [1.165, 1.54) is 0 Å². The number of amides is 1. The minimum absolute atomic E-state index is 0.0256. The Morgan fingerprint density at radius 1 is 1.36 bits per heavy atom. The first-order valence-corrected chi connectivity index (χ1v) is 9.13. The van der Waals surface area contributed by atoms with Gasteiger partial charge in [0.2, 0.25) is 0 Å². The molecule has 1 atom stereocenters. The van der Waals surface area contributed by atoms with Crippen molar-refractivity contribution < 1.29 is 14.3 Å². The number of aromatic nitrogens is 1. The van der Waals surface area contributed by atoms with Crippen molar-refractivity contribution in [1.82, 2.24) is 15.6 Å². The lowest BCUT2D eigenvalue weighted by Crippen LogP contribution is -2.28. The first-order chi connectivity index (χ1) is 12.0. The maximum absolute atomic E-state index is 11.5. The molecule has 0 fully saturated rings. The Bertz CT molecular complexity index is 703. The summed E-state index contributed by atoms with van der Waals surface area (Å²) in [7, 11) is 1.59. The van der Waals surface area contributed by atoms with Crippen LogP contribution >= 0.6 is 11.3 Å². The number of hydrogen-bond acceptors (Lipinski definition) is 6. The predicted octanol–water partition coefficient (Wildman–Crippen LogP) is 2.83. The number of aryl methyl sites for hydroxylation is 1. The largest absolute Gasteiger partial charge is 0.493 e. The van der Waals surface area contributed by atoms with E-state index in [1.54, 1.807) is 18.4 Å². The average molecular weight is 363 g/mol. The van der Waals surface area contributed by atoms with Gasteiger partial charge in [-0.3, -0.25) is 4.79 Å². The highest BCUT2D eigenvalue weighted by Gasteiger charge is 2.11. The molecule has 1 unspecified atom stereocenters. The lowest BCUT2D eigenvalue weighted by Gasteiger charge is -2.14. The van der Waals surface area contributed by atoms with Crippen LogP contribution in [0, 0.1) is 6.92 Å². The van der Waals surface area contributed by atoms with Crippen LogP contribution in [0.15, 0.2) is 23.6 Å². The zero-order valence-corrected chi connectivity index (χ0v) is 15.9. The van der Waals surface area contributed by atoms with Gasteiger partial charge in [-0.1, -0.05) is 6.07 Å². The minimum atomic E-state index is -0.150. The molecule has 1 amide bonds. The zero-order chi connectivity index (χ0) is 18.2. The number of likely N-dealkylation sites (N-methyl/N-ethyl adjacent to an activating group) is 1. The monoisotopic (exact) mass is 363 g/mol. The van der Waals surface area contributed by atoms with Gasteiger partial charge in [0.25, 0.3) is 5.91 Å². The number of nitrogens with zero attached hydrogens (tertiary/aromatic N) is 1. The van der Waals surface area contributed by atoms with E-state index < -0.39 is 0 Å². The molecule has 0 saturated carbocycles. The van der Waals surface area contributed by atoms with E-state index in [-0.39, 0.29) is 18.6 Å². The summed E-state index contributed by atoms with van der Waals surface area (Å²) in [4.78, 5) is 16.0. The quantitative estimate of drug-likeness (QED) is 0.717. The van der Waals surface area contributed by atoms with Gasteiger partial charge in [0.05, 0.1) is 13.2 Å². The number of carbonyl (C=O) groups excluding carboxylic acids is 1. The number of carbonyl (C=O) groups is 1. The van der Waals surface area contributed by atoms with Crippen molar-refractivity contribution in [2.75, 3.05) is 20.3 Å².